The highest BCUT2D eigenvalue weighted by Gasteiger charge is 2.45. The van der Waals surface area contributed by atoms with Crippen LogP contribution >= 0.6 is 0 Å². The van der Waals surface area contributed by atoms with Crippen LogP contribution in [-0.4, -0.2) is 32.1 Å². The lowest BCUT2D eigenvalue weighted by molar-refractivity contribution is -0.161. The van der Waals surface area contributed by atoms with Gasteiger partial charge in [-0.3, -0.25) is 5.32 Å². The molecule has 1 heterocycles. The first kappa shape index (κ1) is 22.6. The molecule has 172 valence electrons. The van der Waals surface area contributed by atoms with Crippen LogP contribution in [0.2, 0.25) is 0 Å². The van der Waals surface area contributed by atoms with E-state index in [4.69, 9.17) is 18.9 Å². The molecule has 0 radical (unpaired) electrons. The second-order valence-corrected chi connectivity index (χ2v) is 8.08. The number of anilines is 1. The first-order chi connectivity index (χ1) is 16.0. The first-order valence-corrected chi connectivity index (χ1v) is 10.8. The molecule has 0 saturated heterocycles. The van der Waals surface area contributed by atoms with Crippen molar-refractivity contribution < 1.29 is 28.5 Å². The van der Waals surface area contributed by atoms with E-state index >= 15 is 0 Å². The Labute approximate surface area is 193 Å². The summed E-state index contributed by atoms with van der Waals surface area (Å²) in [5, 5.41) is 2.72. The maximum absolute atomic E-state index is 12.3. The van der Waals surface area contributed by atoms with Crippen LogP contribution in [0.4, 0.5) is 10.5 Å². The Bertz CT molecular complexity index is 1040. The van der Waals surface area contributed by atoms with Crippen molar-refractivity contribution in [3.63, 3.8) is 0 Å². The normalized spacial score (nSPS) is 21.2. The molecular formula is C26H27NO6. The van der Waals surface area contributed by atoms with E-state index < -0.39 is 18.4 Å². The van der Waals surface area contributed by atoms with E-state index in [1.54, 1.807) is 0 Å². The van der Waals surface area contributed by atoms with Crippen LogP contribution < -0.4 is 5.32 Å². The van der Waals surface area contributed by atoms with Gasteiger partial charge in [-0.15, -0.1) is 0 Å². The number of ether oxygens (including phenoxy) is 4. The van der Waals surface area contributed by atoms with Crippen molar-refractivity contribution >= 4 is 17.7 Å². The average molecular weight is 450 g/mol. The zero-order valence-corrected chi connectivity index (χ0v) is 18.7. The summed E-state index contributed by atoms with van der Waals surface area (Å²) in [6, 6.07) is 17.2. The third-order valence-electron chi connectivity index (χ3n) is 5.86. The Hall–Kier alpha value is -3.58. The molecule has 7 nitrogen and oxygen atoms in total. The van der Waals surface area contributed by atoms with Gasteiger partial charge in [0.25, 0.3) is 0 Å². The van der Waals surface area contributed by atoms with Crippen molar-refractivity contribution in [2.45, 2.75) is 26.2 Å². The largest absolute Gasteiger partial charge is 0.471 e. The Morgan fingerprint density at radius 3 is 2.55 bits per heavy atom. The van der Waals surface area contributed by atoms with Gasteiger partial charge in [0.1, 0.15) is 6.61 Å². The first-order valence-electron chi connectivity index (χ1n) is 10.8. The van der Waals surface area contributed by atoms with Crippen molar-refractivity contribution in [1.82, 2.24) is 0 Å². The maximum atomic E-state index is 12.3. The summed E-state index contributed by atoms with van der Waals surface area (Å²) < 4.78 is 22.3. The summed E-state index contributed by atoms with van der Waals surface area (Å²) in [5.41, 5.74) is 4.08. The molecule has 1 aliphatic heterocycles. The van der Waals surface area contributed by atoms with Crippen molar-refractivity contribution in [1.29, 1.82) is 0 Å². The predicted molar refractivity (Wildman–Crippen MR) is 122 cm³/mol. The molecule has 0 aromatic heterocycles. The zero-order chi connectivity index (χ0) is 23.2. The monoisotopic (exact) mass is 449 g/mol. The highest BCUT2D eigenvalue weighted by Crippen LogP contribution is 2.44. The number of nitrogens with one attached hydrogen (secondary N) is 1. The maximum Gasteiger partial charge on any atom is 0.411 e. The Morgan fingerprint density at radius 2 is 1.82 bits per heavy atom. The smallest absolute Gasteiger partial charge is 0.411 e. The number of esters is 1. The quantitative estimate of drug-likeness (QED) is 0.486. The molecule has 3 atom stereocenters. The number of hydrogen-bond donors (Lipinski definition) is 1. The van der Waals surface area contributed by atoms with Gasteiger partial charge >= 0.3 is 12.1 Å². The highest BCUT2D eigenvalue weighted by atomic mass is 16.7. The number of carbonyl (C=O) groups excluding carboxylic acids is 2. The van der Waals surface area contributed by atoms with Crippen LogP contribution in [0, 0.1) is 18.8 Å². The van der Waals surface area contributed by atoms with Crippen LogP contribution in [0.1, 0.15) is 17.5 Å². The molecule has 2 aromatic rings. The predicted octanol–water partition coefficient (Wildman–Crippen LogP) is 4.74. The molecule has 0 spiro atoms. The number of aryl methyl sites for hydroxylation is 1. The highest BCUT2D eigenvalue weighted by molar-refractivity contribution is 5.89. The van der Waals surface area contributed by atoms with E-state index in [-0.39, 0.29) is 18.4 Å². The second kappa shape index (κ2) is 10.4. The third-order valence-corrected chi connectivity index (χ3v) is 5.86. The summed E-state index contributed by atoms with van der Waals surface area (Å²) in [6.45, 7) is 2.41. The Kier molecular flexibility index (Phi) is 7.10. The number of methoxy groups -OCH3 is 1. The van der Waals surface area contributed by atoms with Crippen molar-refractivity contribution in [2.24, 2.45) is 11.8 Å². The van der Waals surface area contributed by atoms with E-state index in [0.29, 0.717) is 24.3 Å². The van der Waals surface area contributed by atoms with E-state index in [2.05, 4.69) is 5.32 Å². The van der Waals surface area contributed by atoms with Gasteiger partial charge in [-0.1, -0.05) is 54.1 Å². The fourth-order valence-corrected chi connectivity index (χ4v) is 4.12. The standard InChI is InChI=1S/C26H27NO6/c1-17-8-11-20(12-9-17)27-26(29)33-15-19-10-13-21-22(24(28)30-2)16-32-25(23(19)21)31-14-18-6-4-3-5-7-18/h3-12,16,21,23,25H,13-15H2,1-2H3,(H,27,29)/t21-,23-,25-/m1/s1. The van der Waals surface area contributed by atoms with Gasteiger partial charge in [0.15, 0.2) is 0 Å². The molecule has 1 N–H and O–H groups in total. The molecule has 0 saturated carbocycles. The third kappa shape index (κ3) is 5.43. The van der Waals surface area contributed by atoms with Gasteiger partial charge in [0.05, 0.1) is 31.5 Å². The minimum absolute atomic E-state index is 0.0713. The minimum Gasteiger partial charge on any atom is -0.471 e. The Balaban J connectivity index is 1.42. The van der Waals surface area contributed by atoms with Gasteiger partial charge in [0, 0.05) is 11.6 Å². The van der Waals surface area contributed by atoms with E-state index in [1.165, 1.54) is 13.4 Å². The van der Waals surface area contributed by atoms with E-state index in [1.807, 2.05) is 67.6 Å². The molecule has 2 aromatic carbocycles. The van der Waals surface area contributed by atoms with E-state index in [9.17, 15) is 9.59 Å². The van der Waals surface area contributed by atoms with Crippen LogP contribution in [-0.2, 0) is 30.3 Å². The summed E-state index contributed by atoms with van der Waals surface area (Å²) >= 11 is 0. The summed E-state index contributed by atoms with van der Waals surface area (Å²) in [7, 11) is 1.35. The van der Waals surface area contributed by atoms with Crippen LogP contribution in [0.5, 0.6) is 0 Å². The van der Waals surface area contributed by atoms with Crippen LogP contribution in [0.3, 0.4) is 0 Å². The molecule has 4 rings (SSSR count). The molecule has 0 fully saturated rings. The van der Waals surface area contributed by atoms with Gasteiger partial charge in [-0.05, 0) is 36.6 Å². The van der Waals surface area contributed by atoms with Crippen molar-refractivity contribution in [2.75, 3.05) is 19.0 Å². The lowest BCUT2D eigenvalue weighted by atomic mass is 9.83. The fraction of sp³-hybridized carbons (Fsp3) is 0.308. The van der Waals surface area contributed by atoms with Gasteiger partial charge in [-0.2, -0.15) is 0 Å². The lowest BCUT2D eigenvalue weighted by Gasteiger charge is -2.34. The number of rotatable bonds is 7. The molecule has 0 bridgehead atoms. The van der Waals surface area contributed by atoms with Gasteiger partial charge < -0.3 is 18.9 Å². The number of hydrogen-bond acceptors (Lipinski definition) is 6. The molecule has 1 aliphatic carbocycles. The molecule has 7 heteroatoms. The summed E-state index contributed by atoms with van der Waals surface area (Å²) in [6.07, 6.45) is 2.87. The van der Waals surface area contributed by atoms with Crippen molar-refractivity contribution in [3.8, 4) is 0 Å². The molecule has 0 unspecified atom stereocenters. The van der Waals surface area contributed by atoms with Crippen LogP contribution in [0.15, 0.2) is 78.1 Å². The number of benzene rings is 2. The number of fused-ring (bicyclic) bond motifs is 1. The summed E-state index contributed by atoms with van der Waals surface area (Å²) in [4.78, 5) is 24.6. The lowest BCUT2D eigenvalue weighted by Crippen LogP contribution is -2.37. The minimum atomic E-state index is -0.610. The molecule has 33 heavy (non-hydrogen) atoms. The number of carbonyl (C=O) groups is 2. The van der Waals surface area contributed by atoms with Gasteiger partial charge in [0.2, 0.25) is 6.29 Å². The fourth-order valence-electron chi connectivity index (χ4n) is 4.12. The van der Waals surface area contributed by atoms with Crippen molar-refractivity contribution in [3.05, 3.63) is 89.2 Å². The molecule has 1 amide bonds. The summed E-state index contributed by atoms with van der Waals surface area (Å²) in [5.74, 6) is -0.857. The topological polar surface area (TPSA) is 83.1 Å². The SMILES string of the molecule is COC(=O)C1=CO[C@@H](OCc2ccccc2)[C@@H]2C(COC(=O)Nc3ccc(C)cc3)=CC[C@H]12. The second-order valence-electron chi connectivity index (χ2n) is 8.08. The van der Waals surface area contributed by atoms with Crippen LogP contribution in [0.25, 0.3) is 0 Å². The Morgan fingerprint density at radius 1 is 1.06 bits per heavy atom. The average Bonchev–Trinajstić information content (AvgIpc) is 3.27. The molecular weight excluding hydrogens is 422 g/mol. The van der Waals surface area contributed by atoms with E-state index in [0.717, 1.165) is 16.7 Å². The number of allylic oxidation sites excluding steroid dienone is 1. The van der Waals surface area contributed by atoms with Gasteiger partial charge in [-0.25, -0.2) is 9.59 Å². The molecule has 2 aliphatic rings. The number of amides is 1. The zero-order valence-electron chi connectivity index (χ0n) is 18.7.